The third kappa shape index (κ3) is 9.46. The molecule has 186 valence electrons. The van der Waals surface area contributed by atoms with Crippen molar-refractivity contribution in [3.63, 3.8) is 0 Å². The molecule has 0 atom stereocenters. The molecule has 0 unspecified atom stereocenters. The van der Waals surface area contributed by atoms with E-state index in [4.69, 9.17) is 18.9 Å². The lowest BCUT2D eigenvalue weighted by atomic mass is 10.0. The fraction of sp³-hybridized carbons (Fsp3) is 0.500. The smallest absolute Gasteiger partial charge is 0.308 e. The molecule has 0 heterocycles. The van der Waals surface area contributed by atoms with Gasteiger partial charge in [0.2, 0.25) is 0 Å². The highest BCUT2D eigenvalue weighted by atomic mass is 16.6. The molecule has 2 aromatic rings. The molecule has 0 aliphatic rings. The second-order valence-electron chi connectivity index (χ2n) is 8.33. The second kappa shape index (κ2) is 15.0. The van der Waals surface area contributed by atoms with E-state index in [1.54, 1.807) is 24.3 Å². The van der Waals surface area contributed by atoms with Crippen LogP contribution in [0.1, 0.15) is 79.1 Å². The van der Waals surface area contributed by atoms with Crippen LogP contribution in [0.4, 0.5) is 0 Å². The lowest BCUT2D eigenvalue weighted by Gasteiger charge is -2.15. The summed E-state index contributed by atoms with van der Waals surface area (Å²) in [5.41, 5.74) is 1.61. The van der Waals surface area contributed by atoms with Gasteiger partial charge < -0.3 is 18.9 Å². The predicted molar refractivity (Wildman–Crippen MR) is 134 cm³/mol. The first-order chi connectivity index (χ1) is 16.4. The summed E-state index contributed by atoms with van der Waals surface area (Å²) in [4.78, 5) is 23.3. The minimum Gasteiger partial charge on any atom is -0.490 e. The Kier molecular flexibility index (Phi) is 12.0. The number of carbonyl (C=O) groups is 2. The maximum atomic E-state index is 11.7. The molecule has 2 rings (SSSR count). The Bertz CT molecular complexity index is 846. The van der Waals surface area contributed by atoms with Crippen LogP contribution < -0.4 is 18.9 Å². The van der Waals surface area contributed by atoms with E-state index in [0.717, 1.165) is 49.7 Å². The summed E-state index contributed by atoms with van der Waals surface area (Å²) in [5.74, 6) is 0.961. The van der Waals surface area contributed by atoms with E-state index in [2.05, 4.69) is 13.8 Å². The van der Waals surface area contributed by atoms with Crippen LogP contribution in [-0.4, -0.2) is 25.2 Å². The van der Waals surface area contributed by atoms with Gasteiger partial charge in [-0.1, -0.05) is 64.5 Å². The minimum absolute atomic E-state index is 0.366. The molecule has 0 saturated carbocycles. The van der Waals surface area contributed by atoms with Crippen molar-refractivity contribution >= 4 is 11.9 Å². The fourth-order valence-corrected chi connectivity index (χ4v) is 3.50. The van der Waals surface area contributed by atoms with Gasteiger partial charge in [-0.05, 0) is 48.2 Å². The van der Waals surface area contributed by atoms with Gasteiger partial charge in [0.15, 0.2) is 23.0 Å². The molecule has 6 heteroatoms. The van der Waals surface area contributed by atoms with Gasteiger partial charge in [-0.15, -0.1) is 0 Å². The molecule has 0 amide bonds. The summed E-state index contributed by atoms with van der Waals surface area (Å²) in [5, 5.41) is 0. The third-order valence-corrected chi connectivity index (χ3v) is 5.24. The first-order valence-electron chi connectivity index (χ1n) is 12.4. The van der Waals surface area contributed by atoms with Crippen LogP contribution in [0.15, 0.2) is 36.4 Å². The minimum atomic E-state index is -0.416. The Hall–Kier alpha value is -3.02. The van der Waals surface area contributed by atoms with Gasteiger partial charge in [-0.25, -0.2) is 0 Å². The fourth-order valence-electron chi connectivity index (χ4n) is 3.50. The lowest BCUT2D eigenvalue weighted by Crippen LogP contribution is -2.06. The molecule has 0 radical (unpaired) electrons. The first kappa shape index (κ1) is 27.2. The molecule has 6 nitrogen and oxygen atoms in total. The predicted octanol–water partition coefficient (Wildman–Crippen LogP) is 7.12. The zero-order valence-corrected chi connectivity index (χ0v) is 21.0. The van der Waals surface area contributed by atoms with Gasteiger partial charge in [-0.2, -0.15) is 0 Å². The first-order valence-corrected chi connectivity index (χ1v) is 12.4. The van der Waals surface area contributed by atoms with Crippen molar-refractivity contribution in [2.45, 2.75) is 79.1 Å². The Morgan fingerprint density at radius 1 is 0.588 bits per heavy atom. The van der Waals surface area contributed by atoms with Crippen molar-refractivity contribution in [3.8, 4) is 34.1 Å². The molecule has 0 saturated heterocycles. The molecular weight excluding hydrogens is 432 g/mol. The molecule has 0 aliphatic heterocycles. The van der Waals surface area contributed by atoms with Crippen molar-refractivity contribution in [2.75, 3.05) is 13.2 Å². The van der Waals surface area contributed by atoms with E-state index in [1.165, 1.54) is 26.7 Å². The van der Waals surface area contributed by atoms with Crippen LogP contribution in [0, 0.1) is 0 Å². The summed E-state index contributed by atoms with van der Waals surface area (Å²) in [7, 11) is 0. The van der Waals surface area contributed by atoms with Crippen LogP contribution in [0.3, 0.4) is 0 Å². The standard InChI is InChI=1S/C28H38O6/c1-5-7-9-11-17-31-25-15-13-23(19-27(25)33-21(3)29)24-14-16-26(28(20-24)34-22(4)30)32-18-12-10-8-6-2/h13-16,19-20H,5-12,17-18H2,1-4H3. The number of carbonyl (C=O) groups excluding carboxylic acids is 2. The van der Waals surface area contributed by atoms with E-state index < -0.39 is 11.9 Å². The van der Waals surface area contributed by atoms with E-state index in [1.807, 2.05) is 12.1 Å². The van der Waals surface area contributed by atoms with Crippen molar-refractivity contribution in [3.05, 3.63) is 36.4 Å². The van der Waals surface area contributed by atoms with Crippen LogP contribution >= 0.6 is 0 Å². The molecule has 2 aromatic carbocycles. The molecule has 0 N–H and O–H groups in total. The Labute approximate surface area is 203 Å². The van der Waals surface area contributed by atoms with Gasteiger partial charge in [0.05, 0.1) is 13.2 Å². The van der Waals surface area contributed by atoms with Crippen molar-refractivity contribution in [1.29, 1.82) is 0 Å². The van der Waals surface area contributed by atoms with Crippen molar-refractivity contribution < 1.29 is 28.5 Å². The highest BCUT2D eigenvalue weighted by Gasteiger charge is 2.14. The van der Waals surface area contributed by atoms with E-state index >= 15 is 0 Å². The number of unbranched alkanes of at least 4 members (excludes halogenated alkanes) is 6. The zero-order valence-electron chi connectivity index (χ0n) is 21.0. The number of esters is 2. The summed E-state index contributed by atoms with van der Waals surface area (Å²) >= 11 is 0. The van der Waals surface area contributed by atoms with Crippen LogP contribution in [-0.2, 0) is 9.59 Å². The lowest BCUT2D eigenvalue weighted by molar-refractivity contribution is -0.133. The Balaban J connectivity index is 2.22. The number of hydrogen-bond donors (Lipinski definition) is 0. The normalized spacial score (nSPS) is 10.6. The van der Waals surface area contributed by atoms with E-state index in [0.29, 0.717) is 36.2 Å². The quantitative estimate of drug-likeness (QED) is 0.157. The maximum absolute atomic E-state index is 11.7. The number of benzene rings is 2. The average Bonchev–Trinajstić information content (AvgIpc) is 2.79. The van der Waals surface area contributed by atoms with Gasteiger partial charge in [0.1, 0.15) is 0 Å². The summed E-state index contributed by atoms with van der Waals surface area (Å²) in [6.07, 6.45) is 8.75. The monoisotopic (exact) mass is 470 g/mol. The summed E-state index contributed by atoms with van der Waals surface area (Å²) in [6.45, 7) is 8.18. The van der Waals surface area contributed by atoms with Gasteiger partial charge >= 0.3 is 11.9 Å². The topological polar surface area (TPSA) is 71.1 Å². The van der Waals surface area contributed by atoms with Gasteiger partial charge in [0.25, 0.3) is 0 Å². The van der Waals surface area contributed by atoms with Crippen molar-refractivity contribution in [2.24, 2.45) is 0 Å². The van der Waals surface area contributed by atoms with E-state index in [-0.39, 0.29) is 0 Å². The van der Waals surface area contributed by atoms with Crippen LogP contribution in [0.2, 0.25) is 0 Å². The molecule has 0 spiro atoms. The van der Waals surface area contributed by atoms with Crippen molar-refractivity contribution in [1.82, 2.24) is 0 Å². The van der Waals surface area contributed by atoms with E-state index in [9.17, 15) is 9.59 Å². The molecule has 34 heavy (non-hydrogen) atoms. The highest BCUT2D eigenvalue weighted by Crippen LogP contribution is 2.37. The largest absolute Gasteiger partial charge is 0.490 e. The Morgan fingerprint density at radius 3 is 1.35 bits per heavy atom. The molecule has 0 bridgehead atoms. The van der Waals surface area contributed by atoms with Gasteiger partial charge in [-0.3, -0.25) is 9.59 Å². The zero-order chi connectivity index (χ0) is 24.8. The van der Waals surface area contributed by atoms with Gasteiger partial charge in [0, 0.05) is 13.8 Å². The van der Waals surface area contributed by atoms with Crippen LogP contribution in [0.25, 0.3) is 11.1 Å². The Morgan fingerprint density at radius 2 is 1.00 bits per heavy atom. The molecule has 0 aromatic heterocycles. The number of hydrogen-bond acceptors (Lipinski definition) is 6. The average molecular weight is 471 g/mol. The maximum Gasteiger partial charge on any atom is 0.308 e. The second-order valence-corrected chi connectivity index (χ2v) is 8.33. The summed E-state index contributed by atoms with van der Waals surface area (Å²) in [6, 6.07) is 10.9. The number of rotatable bonds is 15. The molecular formula is C28H38O6. The third-order valence-electron chi connectivity index (χ3n) is 5.24. The molecule has 0 fully saturated rings. The summed E-state index contributed by atoms with van der Waals surface area (Å²) < 4.78 is 22.6. The molecule has 0 aliphatic carbocycles. The number of ether oxygens (including phenoxy) is 4. The highest BCUT2D eigenvalue weighted by molar-refractivity contribution is 5.76. The SMILES string of the molecule is CCCCCCOc1ccc(-c2ccc(OCCCCCC)c(OC(C)=O)c2)cc1OC(C)=O. The van der Waals surface area contributed by atoms with Crippen LogP contribution in [0.5, 0.6) is 23.0 Å².